The number of nitrogens with one attached hydrogen (secondary N) is 1. The Bertz CT molecular complexity index is 609. The van der Waals surface area contributed by atoms with E-state index in [4.69, 9.17) is 0 Å². The topological polar surface area (TPSA) is 37.8 Å². The number of halogens is 2. The second kappa shape index (κ2) is 6.47. The summed E-state index contributed by atoms with van der Waals surface area (Å²) in [6.45, 7) is 3.98. The molecule has 1 aromatic heterocycles. The molecule has 0 amide bonds. The highest BCUT2D eigenvalue weighted by molar-refractivity contribution is 14.1. The van der Waals surface area contributed by atoms with Crippen molar-refractivity contribution < 1.29 is 4.39 Å². The first-order valence-electron chi connectivity index (χ1n) is 6.57. The van der Waals surface area contributed by atoms with Crippen molar-refractivity contribution in [1.82, 2.24) is 9.97 Å². The highest BCUT2D eigenvalue weighted by atomic mass is 127. The van der Waals surface area contributed by atoms with E-state index in [2.05, 4.69) is 44.8 Å². The molecule has 0 bridgehead atoms. The molecule has 3 nitrogen and oxygen atoms in total. The Hall–Kier alpha value is -1.24. The average Bonchev–Trinajstić information content (AvgIpc) is 2.40. The maximum Gasteiger partial charge on any atom is 0.161 e. The fourth-order valence-electron chi connectivity index (χ4n) is 2.06. The van der Waals surface area contributed by atoms with Crippen LogP contribution in [0.3, 0.4) is 0 Å². The molecular weight excluding hydrogens is 368 g/mol. The van der Waals surface area contributed by atoms with Crippen molar-refractivity contribution in [3.05, 3.63) is 38.8 Å². The Morgan fingerprint density at radius 1 is 1.25 bits per heavy atom. The molecule has 0 aliphatic rings. The molecule has 0 saturated carbocycles. The van der Waals surface area contributed by atoms with Gasteiger partial charge in [0, 0.05) is 12.6 Å². The Morgan fingerprint density at radius 2 is 2.00 bits per heavy atom. The zero-order chi connectivity index (χ0) is 14.7. The number of hydrogen-bond donors (Lipinski definition) is 1. The molecule has 0 unspecified atom stereocenters. The first kappa shape index (κ1) is 15.2. The lowest BCUT2D eigenvalue weighted by Crippen LogP contribution is -2.05. The molecule has 0 radical (unpaired) electrons. The summed E-state index contributed by atoms with van der Waals surface area (Å²) in [7, 11) is 1.83. The summed E-state index contributed by atoms with van der Waals surface area (Å²) in [5.74, 6) is 1.10. The molecule has 5 heteroatoms. The molecule has 0 aliphatic carbocycles. The van der Waals surface area contributed by atoms with Gasteiger partial charge >= 0.3 is 0 Å². The maximum atomic E-state index is 13.6. The molecule has 0 spiro atoms. The monoisotopic (exact) mass is 385 g/mol. The Kier molecular flexibility index (Phi) is 4.91. The van der Waals surface area contributed by atoms with Gasteiger partial charge in [-0.05, 0) is 59.7 Å². The van der Waals surface area contributed by atoms with Gasteiger partial charge in [0.15, 0.2) is 5.82 Å². The van der Waals surface area contributed by atoms with Gasteiger partial charge < -0.3 is 5.32 Å². The van der Waals surface area contributed by atoms with Crippen molar-refractivity contribution in [2.75, 3.05) is 12.4 Å². The van der Waals surface area contributed by atoms with Gasteiger partial charge in [-0.15, -0.1) is 0 Å². The summed E-state index contributed by atoms with van der Waals surface area (Å²) >= 11 is 2.25. The highest BCUT2D eigenvalue weighted by Gasteiger charge is 2.13. The smallest absolute Gasteiger partial charge is 0.161 e. The second-order valence-corrected chi connectivity index (χ2v) is 5.75. The largest absolute Gasteiger partial charge is 0.372 e. The summed E-state index contributed by atoms with van der Waals surface area (Å²) < 4.78 is 14.6. The number of aromatic nitrogens is 2. The molecule has 0 fully saturated rings. The highest BCUT2D eigenvalue weighted by Crippen LogP contribution is 2.25. The van der Waals surface area contributed by atoms with Gasteiger partial charge in [0.1, 0.15) is 11.6 Å². The molecule has 1 N–H and O–H groups in total. The Morgan fingerprint density at radius 3 is 2.60 bits per heavy atom. The molecule has 20 heavy (non-hydrogen) atoms. The van der Waals surface area contributed by atoms with E-state index in [0.29, 0.717) is 11.4 Å². The third-order valence-electron chi connectivity index (χ3n) is 2.94. The van der Waals surface area contributed by atoms with Crippen LogP contribution in [-0.4, -0.2) is 17.0 Å². The van der Waals surface area contributed by atoms with Crippen molar-refractivity contribution >= 4 is 28.4 Å². The molecule has 0 saturated heterocycles. The summed E-state index contributed by atoms with van der Waals surface area (Å²) in [4.78, 5) is 9.09. The molecule has 0 atom stereocenters. The predicted octanol–water partition coefficient (Wildman–Crippen LogP) is 4.19. The van der Waals surface area contributed by atoms with E-state index in [1.54, 1.807) is 0 Å². The van der Waals surface area contributed by atoms with Crippen LogP contribution in [0, 0.1) is 16.3 Å². The minimum Gasteiger partial charge on any atom is -0.372 e. The summed E-state index contributed by atoms with van der Waals surface area (Å²) in [5.41, 5.74) is 2.59. The number of rotatable bonds is 4. The number of nitrogens with zero attached hydrogens (tertiary/aromatic N) is 2. The maximum absolute atomic E-state index is 13.6. The number of anilines is 1. The van der Waals surface area contributed by atoms with Crippen molar-refractivity contribution in [2.45, 2.75) is 26.7 Å². The molecule has 106 valence electrons. The Balaban J connectivity index is 2.58. The van der Waals surface area contributed by atoms with Crippen LogP contribution < -0.4 is 5.32 Å². The van der Waals surface area contributed by atoms with Crippen LogP contribution in [0.2, 0.25) is 0 Å². The van der Waals surface area contributed by atoms with Crippen LogP contribution in [0.4, 0.5) is 10.2 Å². The van der Waals surface area contributed by atoms with Crippen LogP contribution in [0.5, 0.6) is 0 Å². The van der Waals surface area contributed by atoms with Crippen LogP contribution in [0.25, 0.3) is 11.4 Å². The van der Waals surface area contributed by atoms with E-state index in [0.717, 1.165) is 33.5 Å². The fraction of sp³-hybridized carbons (Fsp3) is 0.333. The number of hydrogen-bond acceptors (Lipinski definition) is 3. The normalized spacial score (nSPS) is 10.7. The number of aryl methyl sites for hydroxylation is 2. The van der Waals surface area contributed by atoms with Gasteiger partial charge in [-0.2, -0.15) is 0 Å². The second-order valence-electron chi connectivity index (χ2n) is 4.67. The van der Waals surface area contributed by atoms with Crippen molar-refractivity contribution in [3.8, 4) is 11.4 Å². The van der Waals surface area contributed by atoms with Gasteiger partial charge in [-0.1, -0.05) is 13.3 Å². The minimum absolute atomic E-state index is 0.259. The van der Waals surface area contributed by atoms with E-state index < -0.39 is 0 Å². The molecule has 0 aliphatic heterocycles. The van der Waals surface area contributed by atoms with Gasteiger partial charge in [0.2, 0.25) is 0 Å². The van der Waals surface area contributed by atoms with E-state index >= 15 is 0 Å². The fourth-order valence-corrected chi connectivity index (χ4v) is 2.84. The lowest BCUT2D eigenvalue weighted by molar-refractivity contribution is 0.627. The van der Waals surface area contributed by atoms with E-state index in [-0.39, 0.29) is 5.82 Å². The zero-order valence-corrected chi connectivity index (χ0v) is 14.0. The summed E-state index contributed by atoms with van der Waals surface area (Å²) in [6.07, 6.45) is 1.90. The first-order chi connectivity index (χ1) is 9.55. The molecular formula is C15H17FIN3. The quantitative estimate of drug-likeness (QED) is 0.803. The van der Waals surface area contributed by atoms with Crippen LogP contribution in [0.15, 0.2) is 18.2 Å². The van der Waals surface area contributed by atoms with Gasteiger partial charge in [-0.3, -0.25) is 0 Å². The summed E-state index contributed by atoms with van der Waals surface area (Å²) in [5, 5.41) is 3.08. The molecule has 1 heterocycles. The van der Waals surface area contributed by atoms with Crippen LogP contribution >= 0.6 is 22.6 Å². The minimum atomic E-state index is -0.259. The third-order valence-corrected chi connectivity index (χ3v) is 4.08. The van der Waals surface area contributed by atoms with Gasteiger partial charge in [0.25, 0.3) is 0 Å². The van der Waals surface area contributed by atoms with Crippen molar-refractivity contribution in [3.63, 3.8) is 0 Å². The lowest BCUT2D eigenvalue weighted by atomic mass is 10.1. The van der Waals surface area contributed by atoms with Crippen LogP contribution in [0.1, 0.15) is 24.6 Å². The van der Waals surface area contributed by atoms with Crippen LogP contribution in [-0.2, 0) is 6.42 Å². The number of benzene rings is 1. The van der Waals surface area contributed by atoms with Crippen molar-refractivity contribution in [2.24, 2.45) is 0 Å². The molecule has 2 rings (SSSR count). The predicted molar refractivity (Wildman–Crippen MR) is 88.4 cm³/mol. The van der Waals surface area contributed by atoms with Gasteiger partial charge in [0.05, 0.1) is 9.26 Å². The van der Waals surface area contributed by atoms with Gasteiger partial charge in [-0.25, -0.2) is 14.4 Å². The van der Waals surface area contributed by atoms with E-state index in [9.17, 15) is 4.39 Å². The first-order valence-corrected chi connectivity index (χ1v) is 7.64. The molecule has 2 aromatic rings. The van der Waals surface area contributed by atoms with E-state index in [1.807, 2.05) is 20.0 Å². The standard InChI is InChI=1S/C15H17FIN3/c1-4-5-12-13(17)15(18-3)20-14(19-12)10-6-9(2)7-11(16)8-10/h6-8H,4-5H2,1-3H3,(H,18,19,20). The van der Waals surface area contributed by atoms with Crippen molar-refractivity contribution in [1.29, 1.82) is 0 Å². The lowest BCUT2D eigenvalue weighted by Gasteiger charge is -2.11. The van der Waals surface area contributed by atoms with E-state index in [1.165, 1.54) is 12.1 Å². The zero-order valence-electron chi connectivity index (χ0n) is 11.8. The third kappa shape index (κ3) is 3.26. The average molecular weight is 385 g/mol. The summed E-state index contributed by atoms with van der Waals surface area (Å²) in [6, 6.07) is 4.88. The Labute approximate surface area is 132 Å². The SMILES string of the molecule is CCCc1nc(-c2cc(C)cc(F)c2)nc(NC)c1I. The molecule has 1 aromatic carbocycles.